The summed E-state index contributed by atoms with van der Waals surface area (Å²) in [6.45, 7) is 5.20. The molecule has 1 N–H and O–H groups in total. The Hall–Kier alpha value is -2.82. The Morgan fingerprint density at radius 1 is 1.00 bits per heavy atom. The highest BCUT2D eigenvalue weighted by molar-refractivity contribution is 5.65. The molecule has 0 unspecified atom stereocenters. The van der Waals surface area contributed by atoms with Gasteiger partial charge in [-0.1, -0.05) is 12.1 Å². The van der Waals surface area contributed by atoms with Gasteiger partial charge in [0.15, 0.2) is 0 Å². The molecule has 2 aliphatic rings. The van der Waals surface area contributed by atoms with Gasteiger partial charge in [-0.3, -0.25) is 4.68 Å². The molecule has 2 heterocycles. The largest absolute Gasteiger partial charge is 0.496 e. The summed E-state index contributed by atoms with van der Waals surface area (Å²) in [6.07, 6.45) is 11.7. The Balaban J connectivity index is 1.17. The van der Waals surface area contributed by atoms with Crippen LogP contribution < -0.4 is 10.1 Å². The summed E-state index contributed by atoms with van der Waals surface area (Å²) >= 11 is 0. The number of hydrogen-bond acceptors (Lipinski definition) is 4. The van der Waals surface area contributed by atoms with E-state index in [0.29, 0.717) is 17.9 Å². The van der Waals surface area contributed by atoms with Crippen LogP contribution in [0.5, 0.6) is 5.75 Å². The molecule has 5 rings (SSSR count). The monoisotopic (exact) mass is 430 g/mol. The minimum Gasteiger partial charge on any atom is -0.496 e. The Bertz CT molecular complexity index is 1080. The van der Waals surface area contributed by atoms with E-state index in [1.165, 1.54) is 60.8 Å². The second-order valence-electron chi connectivity index (χ2n) is 9.65. The molecule has 0 radical (unpaired) electrons. The van der Waals surface area contributed by atoms with Crippen molar-refractivity contribution in [3.05, 3.63) is 59.5 Å². The van der Waals surface area contributed by atoms with Crippen molar-refractivity contribution in [3.63, 3.8) is 0 Å². The average Bonchev–Trinajstić information content (AvgIpc) is 3.54. The molecule has 2 aromatic heterocycles. The van der Waals surface area contributed by atoms with Crippen LogP contribution in [-0.4, -0.2) is 28.4 Å². The van der Waals surface area contributed by atoms with Crippen molar-refractivity contribution < 1.29 is 4.74 Å². The summed E-state index contributed by atoms with van der Waals surface area (Å²) in [6, 6.07) is 11.6. The number of benzene rings is 1. The summed E-state index contributed by atoms with van der Waals surface area (Å²) in [4.78, 5) is 4.74. The number of anilines is 1. The summed E-state index contributed by atoms with van der Waals surface area (Å²) in [5, 5.41) is 8.18. The fourth-order valence-electron chi connectivity index (χ4n) is 5.06. The fraction of sp³-hybridized carbons (Fsp3) is 0.481. The van der Waals surface area contributed by atoms with E-state index in [0.717, 1.165) is 23.8 Å². The molecule has 0 spiro atoms. The highest BCUT2D eigenvalue weighted by Crippen LogP contribution is 2.38. The predicted octanol–water partition coefficient (Wildman–Crippen LogP) is 6.29. The first-order valence-corrected chi connectivity index (χ1v) is 12.0. The molecule has 168 valence electrons. The van der Waals surface area contributed by atoms with E-state index in [4.69, 9.17) is 9.72 Å². The van der Waals surface area contributed by atoms with Gasteiger partial charge in [-0.15, -0.1) is 0 Å². The van der Waals surface area contributed by atoms with Crippen molar-refractivity contribution >= 4 is 5.82 Å². The Labute approximate surface area is 191 Å². The average molecular weight is 431 g/mol. The van der Waals surface area contributed by atoms with Gasteiger partial charge in [-0.05, 0) is 99.1 Å². The van der Waals surface area contributed by atoms with Gasteiger partial charge >= 0.3 is 0 Å². The molecule has 0 bridgehead atoms. The third-order valence-corrected chi connectivity index (χ3v) is 7.12. The van der Waals surface area contributed by atoms with Gasteiger partial charge in [0, 0.05) is 24.0 Å². The predicted molar refractivity (Wildman–Crippen MR) is 129 cm³/mol. The van der Waals surface area contributed by atoms with E-state index in [-0.39, 0.29) is 0 Å². The van der Waals surface area contributed by atoms with Crippen LogP contribution in [0.2, 0.25) is 0 Å². The zero-order chi connectivity index (χ0) is 22.1. The maximum Gasteiger partial charge on any atom is 0.126 e. The van der Waals surface area contributed by atoms with Crippen LogP contribution in [0, 0.1) is 19.8 Å². The van der Waals surface area contributed by atoms with E-state index in [9.17, 15) is 0 Å². The number of aryl methyl sites for hydroxylation is 2. The Morgan fingerprint density at radius 3 is 2.53 bits per heavy atom. The second kappa shape index (κ2) is 8.97. The summed E-state index contributed by atoms with van der Waals surface area (Å²) in [7, 11) is 1.74. The lowest BCUT2D eigenvalue weighted by atomic mass is 9.78. The van der Waals surface area contributed by atoms with Gasteiger partial charge in [0.25, 0.3) is 0 Å². The third-order valence-electron chi connectivity index (χ3n) is 7.12. The normalized spacial score (nSPS) is 20.8. The van der Waals surface area contributed by atoms with Gasteiger partial charge in [0.1, 0.15) is 11.6 Å². The molecule has 2 saturated carbocycles. The van der Waals surface area contributed by atoms with Crippen LogP contribution in [0.25, 0.3) is 11.1 Å². The number of pyridine rings is 1. The molecule has 2 fully saturated rings. The van der Waals surface area contributed by atoms with Gasteiger partial charge in [0.05, 0.1) is 19.3 Å². The minimum absolute atomic E-state index is 0.612. The van der Waals surface area contributed by atoms with Gasteiger partial charge < -0.3 is 10.1 Å². The molecule has 0 saturated heterocycles. The van der Waals surface area contributed by atoms with Crippen LogP contribution in [-0.2, 0) is 0 Å². The van der Waals surface area contributed by atoms with E-state index < -0.39 is 0 Å². The molecule has 5 nitrogen and oxygen atoms in total. The van der Waals surface area contributed by atoms with Crippen LogP contribution in [0.1, 0.15) is 67.3 Å². The lowest BCUT2D eigenvalue weighted by molar-refractivity contribution is 0.338. The molecule has 32 heavy (non-hydrogen) atoms. The van der Waals surface area contributed by atoms with Gasteiger partial charge in [-0.25, -0.2) is 4.98 Å². The van der Waals surface area contributed by atoms with Crippen LogP contribution in [0.15, 0.2) is 42.7 Å². The molecule has 3 aromatic rings. The quantitative estimate of drug-likeness (QED) is 0.478. The molecule has 0 atom stereocenters. The summed E-state index contributed by atoms with van der Waals surface area (Å²) in [5.74, 6) is 3.33. The maximum atomic E-state index is 5.42. The van der Waals surface area contributed by atoms with Crippen molar-refractivity contribution in [2.45, 2.75) is 64.3 Å². The molecule has 0 aliphatic heterocycles. The molecule has 2 aliphatic carbocycles. The zero-order valence-electron chi connectivity index (χ0n) is 19.5. The van der Waals surface area contributed by atoms with Crippen molar-refractivity contribution in [1.29, 1.82) is 0 Å². The number of nitrogens with one attached hydrogen (secondary N) is 1. The number of ether oxygens (including phenoxy) is 1. The lowest BCUT2D eigenvalue weighted by Crippen LogP contribution is -2.21. The highest BCUT2D eigenvalue weighted by Gasteiger charge is 2.25. The first-order valence-electron chi connectivity index (χ1n) is 12.0. The Morgan fingerprint density at radius 2 is 1.81 bits per heavy atom. The highest BCUT2D eigenvalue weighted by atomic mass is 16.5. The minimum atomic E-state index is 0.612. The maximum absolute atomic E-state index is 5.42. The number of aromatic nitrogens is 3. The first kappa shape index (κ1) is 21.0. The molecular formula is C27H34N4O. The van der Waals surface area contributed by atoms with E-state index in [1.807, 2.05) is 6.20 Å². The third kappa shape index (κ3) is 4.67. The summed E-state index contributed by atoms with van der Waals surface area (Å²) in [5.41, 5.74) is 6.12. The molecular weight excluding hydrogens is 396 g/mol. The lowest BCUT2D eigenvalue weighted by Gasteiger charge is -2.29. The fourth-order valence-corrected chi connectivity index (χ4v) is 5.06. The van der Waals surface area contributed by atoms with Crippen molar-refractivity contribution in [1.82, 2.24) is 14.8 Å². The van der Waals surface area contributed by atoms with Gasteiger partial charge in [-0.2, -0.15) is 5.10 Å². The van der Waals surface area contributed by atoms with Crippen molar-refractivity contribution in [2.24, 2.45) is 5.92 Å². The van der Waals surface area contributed by atoms with E-state index in [2.05, 4.69) is 65.5 Å². The van der Waals surface area contributed by atoms with E-state index in [1.54, 1.807) is 7.11 Å². The number of rotatable bonds is 7. The molecule has 0 amide bonds. The number of hydrogen-bond donors (Lipinski definition) is 1. The van der Waals surface area contributed by atoms with Crippen LogP contribution >= 0.6 is 0 Å². The van der Waals surface area contributed by atoms with Crippen LogP contribution in [0.3, 0.4) is 0 Å². The van der Waals surface area contributed by atoms with Crippen molar-refractivity contribution in [2.75, 3.05) is 19.0 Å². The number of nitrogens with zero attached hydrogens (tertiary/aromatic N) is 3. The van der Waals surface area contributed by atoms with Gasteiger partial charge in [0.2, 0.25) is 0 Å². The van der Waals surface area contributed by atoms with Crippen molar-refractivity contribution in [3.8, 4) is 16.9 Å². The second-order valence-corrected chi connectivity index (χ2v) is 9.65. The zero-order valence-corrected chi connectivity index (χ0v) is 19.5. The molecule has 5 heteroatoms. The summed E-state index contributed by atoms with van der Waals surface area (Å²) < 4.78 is 7.53. The first-order chi connectivity index (χ1) is 15.6. The smallest absolute Gasteiger partial charge is 0.126 e. The van der Waals surface area contributed by atoms with E-state index >= 15 is 0 Å². The molecule has 1 aromatic carbocycles. The Kier molecular flexibility index (Phi) is 5.90. The SMILES string of the molecule is COc1ccc([C@H]2CC[C@H](CNc3cc(-c4cnn(C5CC5)c4)cc(C)n3)CC2)cc1C. The topological polar surface area (TPSA) is 52.0 Å². The number of methoxy groups -OCH3 is 1. The standard InChI is InChI=1S/C27H34N4O/c1-18-12-22(8-11-26(18)32-3)21-6-4-20(5-7-21)15-28-27-14-23(13-19(2)30-27)24-16-29-31(17-24)25-9-10-25/h8,11-14,16-17,20-21,25H,4-7,9-10,15H2,1-3H3,(H,28,30)/t20-,21-. The van der Waals surface area contributed by atoms with Crippen LogP contribution in [0.4, 0.5) is 5.82 Å².